The third-order valence-corrected chi connectivity index (χ3v) is 4.69. The van der Waals surface area contributed by atoms with E-state index in [1.165, 1.54) is 0 Å². The van der Waals surface area contributed by atoms with Crippen molar-refractivity contribution in [1.82, 2.24) is 10.6 Å². The van der Waals surface area contributed by atoms with E-state index in [4.69, 9.17) is 9.84 Å². The van der Waals surface area contributed by atoms with Crippen LogP contribution in [0.25, 0.3) is 0 Å². The smallest absolute Gasteiger partial charge is 0.314 e. The lowest BCUT2D eigenvalue weighted by atomic mass is 9.79. The average molecular weight is 286 g/mol. The number of rotatable bonds is 8. The minimum atomic E-state index is -0.213. The van der Waals surface area contributed by atoms with Crippen LogP contribution in [0.1, 0.15) is 52.9 Å². The van der Waals surface area contributed by atoms with E-state index in [9.17, 15) is 4.79 Å². The van der Waals surface area contributed by atoms with Gasteiger partial charge in [0.2, 0.25) is 0 Å². The van der Waals surface area contributed by atoms with Crippen LogP contribution in [0.2, 0.25) is 0 Å². The molecule has 0 aliphatic carbocycles. The molecule has 0 aromatic heterocycles. The first-order chi connectivity index (χ1) is 9.49. The largest absolute Gasteiger partial charge is 0.396 e. The van der Waals surface area contributed by atoms with Crippen molar-refractivity contribution in [2.75, 3.05) is 26.3 Å². The highest BCUT2D eigenvalue weighted by Gasteiger charge is 2.30. The second-order valence-corrected chi connectivity index (χ2v) is 6.12. The third kappa shape index (κ3) is 4.94. The van der Waals surface area contributed by atoms with E-state index < -0.39 is 0 Å². The van der Waals surface area contributed by atoms with E-state index in [1.54, 1.807) is 0 Å². The van der Waals surface area contributed by atoms with Gasteiger partial charge >= 0.3 is 6.03 Å². The van der Waals surface area contributed by atoms with E-state index in [1.807, 2.05) is 6.92 Å². The Kier molecular flexibility index (Phi) is 6.76. The van der Waals surface area contributed by atoms with Crippen molar-refractivity contribution in [3.8, 4) is 0 Å². The summed E-state index contributed by atoms with van der Waals surface area (Å²) < 4.78 is 5.64. The maximum absolute atomic E-state index is 11.9. The molecule has 5 heteroatoms. The van der Waals surface area contributed by atoms with Crippen LogP contribution >= 0.6 is 0 Å². The van der Waals surface area contributed by atoms with Gasteiger partial charge in [0.05, 0.1) is 5.60 Å². The fourth-order valence-electron chi connectivity index (χ4n) is 2.75. The number of hydrogen-bond acceptors (Lipinski definition) is 3. The number of ether oxygens (including phenoxy) is 1. The van der Waals surface area contributed by atoms with Crippen molar-refractivity contribution in [2.24, 2.45) is 5.41 Å². The van der Waals surface area contributed by atoms with Gasteiger partial charge in [0.1, 0.15) is 0 Å². The van der Waals surface area contributed by atoms with Gasteiger partial charge in [-0.1, -0.05) is 13.8 Å². The predicted octanol–water partition coefficient (Wildman–Crippen LogP) is 2.04. The Balaban J connectivity index is 2.34. The molecule has 20 heavy (non-hydrogen) atoms. The van der Waals surface area contributed by atoms with Gasteiger partial charge in [0, 0.05) is 26.3 Å². The molecule has 1 saturated heterocycles. The normalized spacial score (nSPS) is 22.8. The van der Waals surface area contributed by atoms with Gasteiger partial charge in [-0.3, -0.25) is 0 Å². The molecular weight excluding hydrogens is 256 g/mol. The van der Waals surface area contributed by atoms with Gasteiger partial charge in [-0.15, -0.1) is 0 Å². The quantitative estimate of drug-likeness (QED) is 0.639. The Morgan fingerprint density at radius 2 is 2.05 bits per heavy atom. The maximum atomic E-state index is 11.9. The standard InChI is InChI=1S/C15H30N2O3/c1-4-15(5-2,8-9-18)12-17-13(19)16-11-14(3)7-6-10-20-14/h18H,4-12H2,1-3H3,(H2,16,17,19). The summed E-state index contributed by atoms with van der Waals surface area (Å²) in [5, 5.41) is 15.0. The molecule has 1 unspecified atom stereocenters. The van der Waals surface area contributed by atoms with E-state index in [2.05, 4.69) is 24.5 Å². The molecule has 1 rings (SSSR count). The van der Waals surface area contributed by atoms with Gasteiger partial charge < -0.3 is 20.5 Å². The topological polar surface area (TPSA) is 70.6 Å². The number of nitrogens with one attached hydrogen (secondary N) is 2. The molecule has 1 aliphatic rings. The zero-order valence-electron chi connectivity index (χ0n) is 13.1. The summed E-state index contributed by atoms with van der Waals surface area (Å²) in [4.78, 5) is 11.9. The van der Waals surface area contributed by atoms with Crippen molar-refractivity contribution in [3.05, 3.63) is 0 Å². The fraction of sp³-hybridized carbons (Fsp3) is 0.933. The average Bonchev–Trinajstić information content (AvgIpc) is 2.89. The third-order valence-electron chi connectivity index (χ3n) is 4.69. The van der Waals surface area contributed by atoms with Crippen LogP contribution in [-0.2, 0) is 4.74 Å². The molecule has 5 nitrogen and oxygen atoms in total. The van der Waals surface area contributed by atoms with Crippen molar-refractivity contribution in [1.29, 1.82) is 0 Å². The zero-order valence-corrected chi connectivity index (χ0v) is 13.1. The molecule has 0 aromatic carbocycles. The molecule has 0 radical (unpaired) electrons. The molecule has 118 valence electrons. The first-order valence-corrected chi connectivity index (χ1v) is 7.76. The summed E-state index contributed by atoms with van der Waals surface area (Å²) in [6.45, 7) is 8.34. The Morgan fingerprint density at radius 1 is 1.35 bits per heavy atom. The van der Waals surface area contributed by atoms with Crippen molar-refractivity contribution in [2.45, 2.75) is 58.5 Å². The van der Waals surface area contributed by atoms with Crippen molar-refractivity contribution < 1.29 is 14.6 Å². The summed E-state index contributed by atoms with van der Waals surface area (Å²) >= 11 is 0. The molecule has 1 atom stereocenters. The second kappa shape index (κ2) is 7.84. The second-order valence-electron chi connectivity index (χ2n) is 6.12. The van der Waals surface area contributed by atoms with Crippen LogP contribution in [0, 0.1) is 5.41 Å². The van der Waals surface area contributed by atoms with E-state index in [0.29, 0.717) is 13.1 Å². The SMILES string of the molecule is CCC(CC)(CCO)CNC(=O)NCC1(C)CCCO1. The lowest BCUT2D eigenvalue weighted by Gasteiger charge is -2.31. The van der Waals surface area contributed by atoms with Gasteiger partial charge in [0.15, 0.2) is 0 Å². The molecular formula is C15H30N2O3. The molecule has 1 aliphatic heterocycles. The summed E-state index contributed by atoms with van der Waals surface area (Å²) in [6.07, 6.45) is 4.67. The molecule has 0 bridgehead atoms. The van der Waals surface area contributed by atoms with E-state index in [-0.39, 0.29) is 23.7 Å². The van der Waals surface area contributed by atoms with Crippen LogP contribution < -0.4 is 10.6 Å². The molecule has 2 amide bonds. The van der Waals surface area contributed by atoms with Crippen molar-refractivity contribution in [3.63, 3.8) is 0 Å². The minimum Gasteiger partial charge on any atom is -0.396 e. The molecule has 0 saturated carbocycles. The summed E-state index contributed by atoms with van der Waals surface area (Å²) in [5.74, 6) is 0. The Bertz CT molecular complexity index is 297. The Hall–Kier alpha value is -0.810. The molecule has 0 spiro atoms. The highest BCUT2D eigenvalue weighted by atomic mass is 16.5. The molecule has 1 fully saturated rings. The van der Waals surface area contributed by atoms with Gasteiger partial charge in [0.25, 0.3) is 0 Å². The van der Waals surface area contributed by atoms with Gasteiger partial charge in [-0.25, -0.2) is 4.79 Å². The van der Waals surface area contributed by atoms with E-state index >= 15 is 0 Å². The highest BCUT2D eigenvalue weighted by Crippen LogP contribution is 2.29. The maximum Gasteiger partial charge on any atom is 0.314 e. The van der Waals surface area contributed by atoms with Gasteiger partial charge in [-0.05, 0) is 44.4 Å². The lowest BCUT2D eigenvalue weighted by molar-refractivity contribution is 0.0228. The monoisotopic (exact) mass is 286 g/mol. The van der Waals surface area contributed by atoms with Crippen LogP contribution in [-0.4, -0.2) is 43.0 Å². The number of aliphatic hydroxyl groups excluding tert-OH is 1. The van der Waals surface area contributed by atoms with Crippen LogP contribution in [0.15, 0.2) is 0 Å². The summed E-state index contributed by atoms with van der Waals surface area (Å²) in [7, 11) is 0. The fourth-order valence-corrected chi connectivity index (χ4v) is 2.75. The lowest BCUT2D eigenvalue weighted by Crippen LogP contribution is -2.47. The number of hydrogen-bond donors (Lipinski definition) is 3. The van der Waals surface area contributed by atoms with Crippen molar-refractivity contribution >= 4 is 6.03 Å². The Labute approximate surface area is 122 Å². The molecule has 1 heterocycles. The number of aliphatic hydroxyl groups is 1. The van der Waals surface area contributed by atoms with Crippen LogP contribution in [0.3, 0.4) is 0 Å². The first kappa shape index (κ1) is 17.2. The summed E-state index contributed by atoms with van der Waals surface area (Å²) in [5.41, 5.74) is -0.213. The predicted molar refractivity (Wildman–Crippen MR) is 79.7 cm³/mol. The number of amides is 2. The zero-order chi connectivity index (χ0) is 15.1. The Morgan fingerprint density at radius 3 is 2.55 bits per heavy atom. The van der Waals surface area contributed by atoms with Gasteiger partial charge in [-0.2, -0.15) is 0 Å². The summed E-state index contributed by atoms with van der Waals surface area (Å²) in [6, 6.07) is -0.147. The van der Waals surface area contributed by atoms with E-state index in [0.717, 1.165) is 38.7 Å². The minimum absolute atomic E-state index is 0.000149. The highest BCUT2D eigenvalue weighted by molar-refractivity contribution is 5.73. The number of urea groups is 1. The molecule has 3 N–H and O–H groups in total. The van der Waals surface area contributed by atoms with Crippen LogP contribution in [0.4, 0.5) is 4.79 Å². The molecule has 0 aromatic rings. The van der Waals surface area contributed by atoms with Crippen LogP contribution in [0.5, 0.6) is 0 Å². The number of carbonyl (C=O) groups excluding carboxylic acids is 1. The number of carbonyl (C=O) groups is 1. The first-order valence-electron chi connectivity index (χ1n) is 7.76.